The maximum absolute atomic E-state index is 8.83. The van der Waals surface area contributed by atoms with Crippen LogP contribution in [0.2, 0.25) is 0 Å². The van der Waals surface area contributed by atoms with Crippen LogP contribution in [0.4, 0.5) is 5.82 Å². The standard InChI is InChI=1S/C15H11N5/c16-8-11-3-5-12(6-4-11)20-10-18-9-14(20)13-2-1-7-19-15(13)17/h1-7,9-10H,(H2,17,19). The Morgan fingerprint density at radius 2 is 1.95 bits per heavy atom. The van der Waals surface area contributed by atoms with E-state index in [1.807, 2.05) is 28.8 Å². The zero-order valence-electron chi connectivity index (χ0n) is 10.6. The van der Waals surface area contributed by atoms with Crippen LogP contribution < -0.4 is 5.73 Å². The second kappa shape index (κ2) is 4.86. The van der Waals surface area contributed by atoms with E-state index in [1.165, 1.54) is 0 Å². The number of hydrogen-bond acceptors (Lipinski definition) is 4. The van der Waals surface area contributed by atoms with Crippen LogP contribution in [0.5, 0.6) is 0 Å². The van der Waals surface area contributed by atoms with Crippen LogP contribution in [0.1, 0.15) is 5.56 Å². The monoisotopic (exact) mass is 261 g/mol. The van der Waals surface area contributed by atoms with E-state index in [0.717, 1.165) is 16.9 Å². The number of nitriles is 1. The molecule has 0 amide bonds. The molecule has 0 saturated heterocycles. The Balaban J connectivity index is 2.11. The molecule has 0 unspecified atom stereocenters. The highest BCUT2D eigenvalue weighted by atomic mass is 15.1. The Bertz CT molecular complexity index is 781. The molecule has 1 aromatic carbocycles. The summed E-state index contributed by atoms with van der Waals surface area (Å²) in [6, 6.07) is 13.1. The van der Waals surface area contributed by atoms with Crippen LogP contribution in [0.3, 0.4) is 0 Å². The third-order valence-electron chi connectivity index (χ3n) is 3.03. The number of aromatic nitrogens is 3. The van der Waals surface area contributed by atoms with Crippen LogP contribution in [0.25, 0.3) is 16.9 Å². The second-order valence-electron chi connectivity index (χ2n) is 4.24. The average Bonchev–Trinajstić information content (AvgIpc) is 2.97. The van der Waals surface area contributed by atoms with E-state index in [4.69, 9.17) is 11.0 Å². The van der Waals surface area contributed by atoms with Crippen molar-refractivity contribution in [1.82, 2.24) is 14.5 Å². The minimum absolute atomic E-state index is 0.461. The van der Waals surface area contributed by atoms with Gasteiger partial charge in [-0.15, -0.1) is 0 Å². The summed E-state index contributed by atoms with van der Waals surface area (Å²) in [5.41, 5.74) is 9.14. The molecule has 5 heteroatoms. The molecule has 0 aliphatic carbocycles. The van der Waals surface area contributed by atoms with Crippen molar-refractivity contribution in [1.29, 1.82) is 5.26 Å². The number of rotatable bonds is 2. The van der Waals surface area contributed by atoms with E-state index < -0.39 is 0 Å². The number of nitrogen functional groups attached to an aromatic ring is 1. The highest BCUT2D eigenvalue weighted by molar-refractivity contribution is 5.72. The predicted octanol–water partition coefficient (Wildman–Crippen LogP) is 2.39. The molecule has 20 heavy (non-hydrogen) atoms. The zero-order valence-corrected chi connectivity index (χ0v) is 10.6. The molecule has 2 aromatic heterocycles. The Morgan fingerprint density at radius 1 is 1.15 bits per heavy atom. The minimum atomic E-state index is 0.461. The zero-order chi connectivity index (χ0) is 13.9. The number of imidazole rings is 1. The molecule has 0 aliphatic rings. The quantitative estimate of drug-likeness (QED) is 0.768. The van der Waals surface area contributed by atoms with Crippen molar-refractivity contribution in [2.45, 2.75) is 0 Å². The van der Waals surface area contributed by atoms with Crippen molar-refractivity contribution in [3.63, 3.8) is 0 Å². The van der Waals surface area contributed by atoms with Crippen LogP contribution in [-0.2, 0) is 0 Å². The molecule has 0 saturated carbocycles. The van der Waals surface area contributed by atoms with Gasteiger partial charge in [0.15, 0.2) is 0 Å². The van der Waals surface area contributed by atoms with Gasteiger partial charge in [0.2, 0.25) is 0 Å². The summed E-state index contributed by atoms with van der Waals surface area (Å²) in [4.78, 5) is 8.26. The number of anilines is 1. The first-order chi connectivity index (χ1) is 9.79. The highest BCUT2D eigenvalue weighted by Crippen LogP contribution is 2.26. The van der Waals surface area contributed by atoms with Gasteiger partial charge in [-0.25, -0.2) is 9.97 Å². The lowest BCUT2D eigenvalue weighted by molar-refractivity contribution is 1.06. The van der Waals surface area contributed by atoms with Gasteiger partial charge >= 0.3 is 0 Å². The van der Waals surface area contributed by atoms with Gasteiger partial charge in [0.05, 0.1) is 29.9 Å². The average molecular weight is 261 g/mol. The largest absolute Gasteiger partial charge is 0.383 e. The van der Waals surface area contributed by atoms with E-state index in [2.05, 4.69) is 16.0 Å². The van der Waals surface area contributed by atoms with E-state index in [1.54, 1.807) is 30.9 Å². The normalized spacial score (nSPS) is 10.2. The van der Waals surface area contributed by atoms with Gasteiger partial charge in [-0.1, -0.05) is 0 Å². The van der Waals surface area contributed by atoms with Crippen LogP contribution in [0, 0.1) is 11.3 Å². The molecule has 3 aromatic rings. The van der Waals surface area contributed by atoms with Crippen molar-refractivity contribution in [3.05, 3.63) is 60.7 Å². The third kappa shape index (κ3) is 1.99. The lowest BCUT2D eigenvalue weighted by atomic mass is 10.2. The summed E-state index contributed by atoms with van der Waals surface area (Å²) >= 11 is 0. The van der Waals surface area contributed by atoms with E-state index in [0.29, 0.717) is 11.4 Å². The minimum Gasteiger partial charge on any atom is -0.383 e. The molecule has 0 fully saturated rings. The Kier molecular flexibility index (Phi) is 2.90. The number of nitrogens with zero attached hydrogens (tertiary/aromatic N) is 4. The molecule has 2 heterocycles. The maximum atomic E-state index is 8.83. The number of nitrogens with two attached hydrogens (primary N) is 1. The van der Waals surface area contributed by atoms with Crippen molar-refractivity contribution < 1.29 is 0 Å². The first-order valence-electron chi connectivity index (χ1n) is 6.03. The van der Waals surface area contributed by atoms with E-state index in [-0.39, 0.29) is 0 Å². The molecule has 0 spiro atoms. The summed E-state index contributed by atoms with van der Waals surface area (Å²) in [6.45, 7) is 0. The summed E-state index contributed by atoms with van der Waals surface area (Å²) in [5, 5.41) is 8.83. The summed E-state index contributed by atoms with van der Waals surface area (Å²) < 4.78 is 1.91. The molecule has 0 aliphatic heterocycles. The van der Waals surface area contributed by atoms with Crippen LogP contribution >= 0.6 is 0 Å². The Labute approximate surface area is 116 Å². The third-order valence-corrected chi connectivity index (χ3v) is 3.03. The summed E-state index contributed by atoms with van der Waals surface area (Å²) in [6.07, 6.45) is 5.11. The Morgan fingerprint density at radius 3 is 2.65 bits per heavy atom. The van der Waals surface area contributed by atoms with Gasteiger partial charge in [0.1, 0.15) is 5.82 Å². The van der Waals surface area contributed by atoms with Crippen molar-refractivity contribution in [2.75, 3.05) is 5.73 Å². The Hall–Kier alpha value is -3.13. The van der Waals surface area contributed by atoms with Crippen LogP contribution in [0.15, 0.2) is 55.1 Å². The van der Waals surface area contributed by atoms with Crippen molar-refractivity contribution >= 4 is 5.82 Å². The molecule has 0 bridgehead atoms. The maximum Gasteiger partial charge on any atom is 0.132 e. The molecule has 96 valence electrons. The molecule has 0 radical (unpaired) electrons. The number of benzene rings is 1. The first kappa shape index (κ1) is 11.9. The van der Waals surface area contributed by atoms with Gasteiger partial charge < -0.3 is 5.73 Å². The van der Waals surface area contributed by atoms with Gasteiger partial charge in [0.25, 0.3) is 0 Å². The van der Waals surface area contributed by atoms with E-state index in [9.17, 15) is 0 Å². The van der Waals surface area contributed by atoms with Crippen molar-refractivity contribution in [2.24, 2.45) is 0 Å². The highest BCUT2D eigenvalue weighted by Gasteiger charge is 2.10. The van der Waals surface area contributed by atoms with Crippen LogP contribution in [-0.4, -0.2) is 14.5 Å². The van der Waals surface area contributed by atoms with Crippen molar-refractivity contribution in [3.8, 4) is 23.0 Å². The fourth-order valence-corrected chi connectivity index (χ4v) is 2.03. The van der Waals surface area contributed by atoms with Gasteiger partial charge in [-0.3, -0.25) is 4.57 Å². The second-order valence-corrected chi connectivity index (χ2v) is 4.24. The van der Waals surface area contributed by atoms with E-state index >= 15 is 0 Å². The summed E-state index contributed by atoms with van der Waals surface area (Å²) in [5.74, 6) is 0.461. The smallest absolute Gasteiger partial charge is 0.132 e. The lowest BCUT2D eigenvalue weighted by Crippen LogP contribution is -1.99. The fraction of sp³-hybridized carbons (Fsp3) is 0. The molecule has 5 nitrogen and oxygen atoms in total. The topological polar surface area (TPSA) is 80.5 Å². The van der Waals surface area contributed by atoms with Gasteiger partial charge in [0, 0.05) is 17.4 Å². The number of hydrogen-bond donors (Lipinski definition) is 1. The summed E-state index contributed by atoms with van der Waals surface area (Å²) in [7, 11) is 0. The SMILES string of the molecule is N#Cc1ccc(-n2cncc2-c2cccnc2N)cc1. The molecule has 2 N–H and O–H groups in total. The molecular formula is C15H11N5. The van der Waals surface area contributed by atoms with Gasteiger partial charge in [-0.2, -0.15) is 5.26 Å². The number of pyridine rings is 1. The fourth-order valence-electron chi connectivity index (χ4n) is 2.03. The molecule has 0 atom stereocenters. The van der Waals surface area contributed by atoms with Gasteiger partial charge in [-0.05, 0) is 36.4 Å². The lowest BCUT2D eigenvalue weighted by Gasteiger charge is -2.09. The first-order valence-corrected chi connectivity index (χ1v) is 6.03. The molecular weight excluding hydrogens is 250 g/mol. The molecule has 3 rings (SSSR count). The predicted molar refractivity (Wildman–Crippen MR) is 75.9 cm³/mol.